The Kier molecular flexibility index (Phi) is 4.79. The molecule has 4 heteroatoms. The maximum atomic E-state index is 5.85. The van der Waals surface area contributed by atoms with E-state index in [0.29, 0.717) is 0 Å². The predicted molar refractivity (Wildman–Crippen MR) is 81.4 cm³/mol. The van der Waals surface area contributed by atoms with E-state index in [1.54, 1.807) is 0 Å². The molecule has 0 aliphatic carbocycles. The van der Waals surface area contributed by atoms with Crippen LogP contribution in [0.1, 0.15) is 32.0 Å². The molecular formula is C16H23N3O. The SMILES string of the molecule is CCNCc1cn(-c2ccccc2OC(C)C)nc1C. The highest BCUT2D eigenvalue weighted by Gasteiger charge is 2.10. The minimum absolute atomic E-state index is 0.147. The summed E-state index contributed by atoms with van der Waals surface area (Å²) >= 11 is 0. The van der Waals surface area contributed by atoms with Crippen molar-refractivity contribution in [1.29, 1.82) is 0 Å². The molecule has 2 aromatic rings. The third kappa shape index (κ3) is 3.39. The van der Waals surface area contributed by atoms with Gasteiger partial charge >= 0.3 is 0 Å². The zero-order valence-corrected chi connectivity index (χ0v) is 12.7. The topological polar surface area (TPSA) is 39.1 Å². The minimum atomic E-state index is 0.147. The Balaban J connectivity index is 2.31. The van der Waals surface area contributed by atoms with E-state index in [1.165, 1.54) is 5.56 Å². The summed E-state index contributed by atoms with van der Waals surface area (Å²) in [6.45, 7) is 10.00. The van der Waals surface area contributed by atoms with E-state index in [0.717, 1.165) is 30.2 Å². The van der Waals surface area contributed by atoms with Crippen LogP contribution in [0.2, 0.25) is 0 Å². The second-order valence-electron chi connectivity index (χ2n) is 5.10. The highest BCUT2D eigenvalue weighted by Crippen LogP contribution is 2.24. The number of aryl methyl sites for hydroxylation is 1. The second kappa shape index (κ2) is 6.57. The summed E-state index contributed by atoms with van der Waals surface area (Å²) in [6, 6.07) is 8.00. The fourth-order valence-electron chi connectivity index (χ4n) is 2.05. The predicted octanol–water partition coefficient (Wildman–Crippen LogP) is 3.08. The van der Waals surface area contributed by atoms with Gasteiger partial charge in [0, 0.05) is 18.3 Å². The molecule has 20 heavy (non-hydrogen) atoms. The number of hydrogen-bond donors (Lipinski definition) is 1. The minimum Gasteiger partial charge on any atom is -0.489 e. The zero-order valence-electron chi connectivity index (χ0n) is 12.7. The Bertz CT molecular complexity index is 561. The van der Waals surface area contributed by atoms with Crippen molar-refractivity contribution in [1.82, 2.24) is 15.1 Å². The van der Waals surface area contributed by atoms with Gasteiger partial charge in [0.1, 0.15) is 11.4 Å². The monoisotopic (exact) mass is 273 g/mol. The summed E-state index contributed by atoms with van der Waals surface area (Å²) in [5.74, 6) is 0.861. The Hall–Kier alpha value is -1.81. The smallest absolute Gasteiger partial charge is 0.145 e. The van der Waals surface area contributed by atoms with E-state index >= 15 is 0 Å². The van der Waals surface area contributed by atoms with Crippen molar-refractivity contribution in [3.8, 4) is 11.4 Å². The first-order valence-electron chi connectivity index (χ1n) is 7.13. The molecule has 0 aliphatic heterocycles. The highest BCUT2D eigenvalue weighted by atomic mass is 16.5. The van der Waals surface area contributed by atoms with Gasteiger partial charge < -0.3 is 10.1 Å². The molecule has 0 fully saturated rings. The standard InChI is InChI=1S/C16H23N3O/c1-5-17-10-14-11-19(18-13(14)4)15-8-6-7-9-16(15)20-12(2)3/h6-9,11-12,17H,5,10H2,1-4H3. The van der Waals surface area contributed by atoms with Crippen LogP contribution in [0.15, 0.2) is 30.5 Å². The molecule has 1 aromatic carbocycles. The maximum absolute atomic E-state index is 5.85. The lowest BCUT2D eigenvalue weighted by molar-refractivity contribution is 0.241. The Morgan fingerprint density at radius 3 is 2.75 bits per heavy atom. The van der Waals surface area contributed by atoms with Gasteiger partial charge in [-0.3, -0.25) is 0 Å². The van der Waals surface area contributed by atoms with Crippen molar-refractivity contribution >= 4 is 0 Å². The van der Waals surface area contributed by atoms with E-state index in [4.69, 9.17) is 4.74 Å². The first-order chi connectivity index (χ1) is 9.61. The first kappa shape index (κ1) is 14.6. The summed E-state index contributed by atoms with van der Waals surface area (Å²) in [7, 11) is 0. The van der Waals surface area contributed by atoms with Gasteiger partial charge in [-0.15, -0.1) is 0 Å². The largest absolute Gasteiger partial charge is 0.489 e. The van der Waals surface area contributed by atoms with Crippen molar-refractivity contribution in [2.75, 3.05) is 6.54 Å². The second-order valence-corrected chi connectivity index (χ2v) is 5.10. The summed E-state index contributed by atoms with van der Waals surface area (Å²) in [5.41, 5.74) is 3.24. The number of nitrogens with one attached hydrogen (secondary N) is 1. The molecule has 0 unspecified atom stereocenters. The molecule has 4 nitrogen and oxygen atoms in total. The molecule has 2 rings (SSSR count). The van der Waals surface area contributed by atoms with Gasteiger partial charge in [0.2, 0.25) is 0 Å². The van der Waals surface area contributed by atoms with Crippen molar-refractivity contribution < 1.29 is 4.74 Å². The Labute approximate surface area is 120 Å². The molecule has 0 radical (unpaired) electrons. The number of ether oxygens (including phenoxy) is 1. The van der Waals surface area contributed by atoms with Crippen LogP contribution in [0.4, 0.5) is 0 Å². The number of hydrogen-bond acceptors (Lipinski definition) is 3. The van der Waals surface area contributed by atoms with Crippen LogP contribution in [0.5, 0.6) is 5.75 Å². The molecule has 0 spiro atoms. The molecule has 108 valence electrons. The highest BCUT2D eigenvalue weighted by molar-refractivity contribution is 5.46. The third-order valence-corrected chi connectivity index (χ3v) is 3.04. The Morgan fingerprint density at radius 2 is 2.05 bits per heavy atom. The fraction of sp³-hybridized carbons (Fsp3) is 0.438. The molecule has 0 atom stereocenters. The quantitative estimate of drug-likeness (QED) is 0.879. The summed E-state index contributed by atoms with van der Waals surface area (Å²) < 4.78 is 7.76. The van der Waals surface area contributed by atoms with Gasteiger partial charge in [-0.1, -0.05) is 19.1 Å². The lowest BCUT2D eigenvalue weighted by atomic mass is 10.2. The van der Waals surface area contributed by atoms with Crippen LogP contribution in [-0.2, 0) is 6.54 Å². The van der Waals surface area contributed by atoms with Crippen molar-refractivity contribution in [3.63, 3.8) is 0 Å². The zero-order chi connectivity index (χ0) is 14.5. The molecule has 1 N–H and O–H groups in total. The molecule has 1 aromatic heterocycles. The molecule has 0 aliphatic rings. The molecule has 0 amide bonds. The van der Waals surface area contributed by atoms with Gasteiger partial charge in [0.15, 0.2) is 0 Å². The molecular weight excluding hydrogens is 250 g/mol. The molecule has 0 saturated carbocycles. The fourth-order valence-corrected chi connectivity index (χ4v) is 2.05. The van der Waals surface area contributed by atoms with Crippen LogP contribution >= 0.6 is 0 Å². The van der Waals surface area contributed by atoms with Crippen LogP contribution in [0, 0.1) is 6.92 Å². The number of benzene rings is 1. The van der Waals surface area contributed by atoms with Gasteiger partial charge in [0.25, 0.3) is 0 Å². The summed E-state index contributed by atoms with van der Waals surface area (Å²) in [4.78, 5) is 0. The van der Waals surface area contributed by atoms with E-state index < -0.39 is 0 Å². The van der Waals surface area contributed by atoms with Gasteiger partial charge in [-0.25, -0.2) is 4.68 Å². The van der Waals surface area contributed by atoms with Crippen LogP contribution in [0.3, 0.4) is 0 Å². The van der Waals surface area contributed by atoms with E-state index in [-0.39, 0.29) is 6.10 Å². The maximum Gasteiger partial charge on any atom is 0.145 e. The average Bonchev–Trinajstić information content (AvgIpc) is 2.77. The lowest BCUT2D eigenvalue weighted by Gasteiger charge is -2.13. The number of para-hydroxylation sites is 2. The van der Waals surface area contributed by atoms with Crippen molar-refractivity contribution in [2.45, 2.75) is 40.3 Å². The number of rotatable bonds is 6. The number of nitrogens with zero attached hydrogens (tertiary/aromatic N) is 2. The number of aromatic nitrogens is 2. The van der Waals surface area contributed by atoms with Crippen molar-refractivity contribution in [2.24, 2.45) is 0 Å². The van der Waals surface area contributed by atoms with Crippen LogP contribution in [0.25, 0.3) is 5.69 Å². The van der Waals surface area contributed by atoms with Gasteiger partial charge in [-0.05, 0) is 39.4 Å². The molecule has 0 saturated heterocycles. The average molecular weight is 273 g/mol. The first-order valence-corrected chi connectivity index (χ1v) is 7.13. The van der Waals surface area contributed by atoms with E-state index in [1.807, 2.05) is 49.7 Å². The molecule has 0 bridgehead atoms. The third-order valence-electron chi connectivity index (χ3n) is 3.04. The summed E-state index contributed by atoms with van der Waals surface area (Å²) in [5, 5.41) is 7.93. The molecule has 1 heterocycles. The normalized spacial score (nSPS) is 11.1. The summed E-state index contributed by atoms with van der Waals surface area (Å²) in [6.07, 6.45) is 2.22. The van der Waals surface area contributed by atoms with E-state index in [2.05, 4.69) is 23.5 Å². The van der Waals surface area contributed by atoms with E-state index in [9.17, 15) is 0 Å². The van der Waals surface area contributed by atoms with Gasteiger partial charge in [-0.2, -0.15) is 5.10 Å². The lowest BCUT2D eigenvalue weighted by Crippen LogP contribution is -2.11. The van der Waals surface area contributed by atoms with Crippen LogP contribution in [-0.4, -0.2) is 22.4 Å². The Morgan fingerprint density at radius 1 is 1.30 bits per heavy atom. The van der Waals surface area contributed by atoms with Crippen molar-refractivity contribution in [3.05, 3.63) is 41.7 Å². The van der Waals surface area contributed by atoms with Gasteiger partial charge in [0.05, 0.1) is 11.8 Å². The van der Waals surface area contributed by atoms with Crippen LogP contribution < -0.4 is 10.1 Å².